The lowest BCUT2D eigenvalue weighted by Crippen LogP contribution is -2.51. The van der Waals surface area contributed by atoms with E-state index in [1.807, 2.05) is 11.0 Å². The maximum atomic E-state index is 11.5. The first-order valence-corrected chi connectivity index (χ1v) is 5.34. The molecule has 16 heavy (non-hydrogen) atoms. The molecule has 1 rings (SSSR count). The first-order chi connectivity index (χ1) is 7.77. The number of morpholine rings is 1. The van der Waals surface area contributed by atoms with Gasteiger partial charge in [0, 0.05) is 13.1 Å². The zero-order valence-electron chi connectivity index (χ0n) is 9.19. The lowest BCUT2D eigenvalue weighted by atomic mass is 10.2. The molecular formula is C10H17N3O3. The van der Waals surface area contributed by atoms with Gasteiger partial charge >= 0.3 is 0 Å². The second-order valence-corrected chi connectivity index (χ2v) is 3.64. The van der Waals surface area contributed by atoms with Gasteiger partial charge in [0.25, 0.3) is 0 Å². The van der Waals surface area contributed by atoms with Gasteiger partial charge in [-0.3, -0.25) is 9.69 Å². The Morgan fingerprint density at radius 3 is 3.19 bits per heavy atom. The third-order valence-corrected chi connectivity index (χ3v) is 2.47. The molecule has 1 fully saturated rings. The highest BCUT2D eigenvalue weighted by molar-refractivity contribution is 5.78. The lowest BCUT2D eigenvalue weighted by Gasteiger charge is -2.33. The summed E-state index contributed by atoms with van der Waals surface area (Å²) in [6.45, 7) is 2.32. The summed E-state index contributed by atoms with van der Waals surface area (Å²) in [6.07, 6.45) is 0.318. The molecule has 6 nitrogen and oxygen atoms in total. The van der Waals surface area contributed by atoms with Crippen LogP contribution in [0.1, 0.15) is 6.42 Å². The molecule has 1 unspecified atom stereocenters. The Kier molecular flexibility index (Phi) is 5.78. The van der Waals surface area contributed by atoms with Crippen LogP contribution in [-0.2, 0) is 9.53 Å². The lowest BCUT2D eigenvalue weighted by molar-refractivity contribution is -0.125. The standard InChI is InChI=1S/C10H17N3O3/c11-2-1-3-12-10(15)6-13-4-5-16-8-9(13)7-14/h9,14H,1,3-8H2,(H,12,15). The minimum absolute atomic E-state index is 0.00846. The Labute approximate surface area is 94.8 Å². The summed E-state index contributed by atoms with van der Waals surface area (Å²) in [5, 5.41) is 20.1. The Hall–Kier alpha value is -1.16. The van der Waals surface area contributed by atoms with Crippen molar-refractivity contribution in [3.05, 3.63) is 0 Å². The Bertz CT molecular complexity index is 265. The van der Waals surface area contributed by atoms with Crippen LogP contribution in [0.25, 0.3) is 0 Å². The van der Waals surface area contributed by atoms with E-state index >= 15 is 0 Å². The average Bonchev–Trinajstić information content (AvgIpc) is 2.30. The normalized spacial score (nSPS) is 21.4. The molecule has 0 saturated carbocycles. The number of aliphatic hydroxyl groups is 1. The molecule has 0 aromatic carbocycles. The van der Waals surface area contributed by atoms with E-state index in [9.17, 15) is 4.79 Å². The third kappa shape index (κ3) is 4.14. The van der Waals surface area contributed by atoms with E-state index in [-0.39, 0.29) is 25.1 Å². The molecule has 1 aliphatic heterocycles. The van der Waals surface area contributed by atoms with Gasteiger partial charge in [-0.25, -0.2) is 0 Å². The van der Waals surface area contributed by atoms with Crippen LogP contribution in [0, 0.1) is 11.3 Å². The number of nitriles is 1. The number of nitrogens with zero attached hydrogens (tertiary/aromatic N) is 2. The quantitative estimate of drug-likeness (QED) is 0.571. The fraction of sp³-hybridized carbons (Fsp3) is 0.800. The summed E-state index contributed by atoms with van der Waals surface area (Å²) in [6, 6.07) is 1.86. The van der Waals surface area contributed by atoms with Crippen molar-refractivity contribution in [3.63, 3.8) is 0 Å². The van der Waals surface area contributed by atoms with Crippen LogP contribution in [-0.4, -0.2) is 61.4 Å². The highest BCUT2D eigenvalue weighted by Crippen LogP contribution is 2.05. The molecule has 1 aliphatic rings. The average molecular weight is 227 g/mol. The number of carbonyl (C=O) groups is 1. The van der Waals surface area contributed by atoms with Crippen molar-refractivity contribution in [1.29, 1.82) is 5.26 Å². The van der Waals surface area contributed by atoms with E-state index in [0.717, 1.165) is 0 Å². The molecule has 0 radical (unpaired) electrons. The van der Waals surface area contributed by atoms with E-state index in [2.05, 4.69) is 5.32 Å². The van der Waals surface area contributed by atoms with Crippen LogP contribution in [0.3, 0.4) is 0 Å². The van der Waals surface area contributed by atoms with E-state index in [1.165, 1.54) is 0 Å². The second kappa shape index (κ2) is 7.17. The van der Waals surface area contributed by atoms with Gasteiger partial charge in [0.05, 0.1) is 44.9 Å². The second-order valence-electron chi connectivity index (χ2n) is 3.64. The van der Waals surface area contributed by atoms with Gasteiger partial charge in [0.1, 0.15) is 0 Å². The van der Waals surface area contributed by atoms with Crippen LogP contribution < -0.4 is 5.32 Å². The minimum atomic E-state index is -0.115. The molecule has 1 saturated heterocycles. The molecule has 2 N–H and O–H groups in total. The van der Waals surface area contributed by atoms with Crippen molar-refractivity contribution in [2.75, 3.05) is 39.5 Å². The van der Waals surface area contributed by atoms with Crippen molar-refractivity contribution in [1.82, 2.24) is 10.2 Å². The Morgan fingerprint density at radius 2 is 2.50 bits per heavy atom. The summed E-state index contributed by atoms with van der Waals surface area (Å²) >= 11 is 0. The fourth-order valence-corrected chi connectivity index (χ4v) is 1.56. The molecular weight excluding hydrogens is 210 g/mol. The van der Waals surface area contributed by atoms with Crippen molar-refractivity contribution in [2.24, 2.45) is 0 Å². The summed E-state index contributed by atoms with van der Waals surface area (Å²) < 4.78 is 5.21. The van der Waals surface area contributed by atoms with Gasteiger partial charge < -0.3 is 15.2 Å². The van der Waals surface area contributed by atoms with E-state index in [0.29, 0.717) is 32.7 Å². The first kappa shape index (κ1) is 12.9. The number of nitrogens with one attached hydrogen (secondary N) is 1. The molecule has 0 spiro atoms. The summed E-state index contributed by atoms with van der Waals surface area (Å²) in [5.41, 5.74) is 0. The topological polar surface area (TPSA) is 85.6 Å². The summed E-state index contributed by atoms with van der Waals surface area (Å²) in [4.78, 5) is 13.4. The molecule has 0 aliphatic carbocycles. The minimum Gasteiger partial charge on any atom is -0.395 e. The Balaban J connectivity index is 2.28. The van der Waals surface area contributed by atoms with E-state index in [4.69, 9.17) is 15.1 Å². The zero-order valence-corrected chi connectivity index (χ0v) is 9.19. The van der Waals surface area contributed by atoms with Crippen molar-refractivity contribution < 1.29 is 14.6 Å². The number of hydrogen-bond donors (Lipinski definition) is 2. The first-order valence-electron chi connectivity index (χ1n) is 5.34. The summed E-state index contributed by atoms with van der Waals surface area (Å²) in [5.74, 6) is -0.115. The van der Waals surface area contributed by atoms with E-state index < -0.39 is 0 Å². The van der Waals surface area contributed by atoms with Gasteiger partial charge in [0.2, 0.25) is 5.91 Å². The molecule has 0 bridgehead atoms. The number of ether oxygens (including phenoxy) is 1. The number of hydrogen-bond acceptors (Lipinski definition) is 5. The monoisotopic (exact) mass is 227 g/mol. The molecule has 0 aromatic heterocycles. The molecule has 90 valence electrons. The highest BCUT2D eigenvalue weighted by Gasteiger charge is 2.23. The predicted molar refractivity (Wildman–Crippen MR) is 56.5 cm³/mol. The van der Waals surface area contributed by atoms with Crippen LogP contribution >= 0.6 is 0 Å². The van der Waals surface area contributed by atoms with Crippen molar-refractivity contribution >= 4 is 5.91 Å². The maximum absolute atomic E-state index is 11.5. The molecule has 0 aromatic rings. The smallest absolute Gasteiger partial charge is 0.234 e. The van der Waals surface area contributed by atoms with Gasteiger partial charge in [-0.2, -0.15) is 5.26 Å². The van der Waals surface area contributed by atoms with Gasteiger partial charge in [-0.05, 0) is 0 Å². The van der Waals surface area contributed by atoms with Crippen LogP contribution in [0.4, 0.5) is 0 Å². The van der Waals surface area contributed by atoms with Crippen LogP contribution in [0.5, 0.6) is 0 Å². The molecule has 1 atom stereocenters. The predicted octanol–water partition coefficient (Wildman–Crippen LogP) is -1.29. The van der Waals surface area contributed by atoms with Crippen molar-refractivity contribution in [3.8, 4) is 6.07 Å². The van der Waals surface area contributed by atoms with Crippen LogP contribution in [0.2, 0.25) is 0 Å². The maximum Gasteiger partial charge on any atom is 0.234 e. The van der Waals surface area contributed by atoms with Gasteiger partial charge in [0.15, 0.2) is 0 Å². The summed E-state index contributed by atoms with van der Waals surface area (Å²) in [7, 11) is 0. The Morgan fingerprint density at radius 1 is 1.69 bits per heavy atom. The highest BCUT2D eigenvalue weighted by atomic mass is 16.5. The SMILES string of the molecule is N#CCCNC(=O)CN1CCOCC1CO. The largest absolute Gasteiger partial charge is 0.395 e. The molecule has 1 heterocycles. The van der Waals surface area contributed by atoms with Crippen LogP contribution in [0.15, 0.2) is 0 Å². The third-order valence-electron chi connectivity index (χ3n) is 2.47. The number of carbonyl (C=O) groups excluding carboxylic acids is 1. The number of amides is 1. The van der Waals surface area contributed by atoms with Crippen molar-refractivity contribution in [2.45, 2.75) is 12.5 Å². The fourth-order valence-electron chi connectivity index (χ4n) is 1.56. The molecule has 6 heteroatoms. The zero-order chi connectivity index (χ0) is 11.8. The van der Waals surface area contributed by atoms with Gasteiger partial charge in [-0.1, -0.05) is 0 Å². The number of rotatable bonds is 5. The van der Waals surface area contributed by atoms with E-state index in [1.54, 1.807) is 0 Å². The number of aliphatic hydroxyl groups excluding tert-OH is 1. The van der Waals surface area contributed by atoms with Gasteiger partial charge in [-0.15, -0.1) is 0 Å². The molecule has 1 amide bonds.